The van der Waals surface area contributed by atoms with Crippen LogP contribution in [0.1, 0.15) is 32.1 Å². The first-order valence-electron chi connectivity index (χ1n) is 10.9. The van der Waals surface area contributed by atoms with Crippen LogP contribution in [0.25, 0.3) is 11.3 Å². The fraction of sp³-hybridized carbons (Fsp3) is 0.375. The zero-order valence-electron chi connectivity index (χ0n) is 17.3. The van der Waals surface area contributed by atoms with E-state index in [1.165, 1.54) is 60.1 Å². The van der Waals surface area contributed by atoms with Gasteiger partial charge in [-0.1, -0.05) is 25.3 Å². The van der Waals surface area contributed by atoms with Gasteiger partial charge in [0.25, 0.3) is 0 Å². The number of nitrogens with zero attached hydrogens (tertiary/aromatic N) is 1. The molecule has 0 amide bonds. The smallest absolute Gasteiger partial charge is 0.187 e. The van der Waals surface area contributed by atoms with Crippen molar-refractivity contribution in [2.45, 2.75) is 37.0 Å². The topological polar surface area (TPSA) is 46.2 Å². The SMILES string of the molecule is Fc1cc(Nc2nc(-c3ccc4c(c3)SCCN4)cs2)ccc1OCC1CCCCC1. The Morgan fingerprint density at radius 1 is 1.13 bits per heavy atom. The zero-order valence-corrected chi connectivity index (χ0v) is 19.0. The molecule has 1 aliphatic carbocycles. The average Bonchev–Trinajstić information content (AvgIpc) is 3.27. The van der Waals surface area contributed by atoms with Crippen LogP contribution in [0.4, 0.5) is 20.9 Å². The summed E-state index contributed by atoms with van der Waals surface area (Å²) in [7, 11) is 0. The number of benzene rings is 2. The Morgan fingerprint density at radius 3 is 2.90 bits per heavy atom. The number of hydrogen-bond donors (Lipinski definition) is 2. The predicted octanol–water partition coefficient (Wildman–Crippen LogP) is 7.17. The van der Waals surface area contributed by atoms with Gasteiger partial charge in [0.05, 0.1) is 12.3 Å². The fourth-order valence-electron chi connectivity index (χ4n) is 4.14. The summed E-state index contributed by atoms with van der Waals surface area (Å²) in [4.78, 5) is 5.96. The second-order valence-electron chi connectivity index (χ2n) is 8.11. The van der Waals surface area contributed by atoms with Crippen LogP contribution >= 0.6 is 23.1 Å². The summed E-state index contributed by atoms with van der Waals surface area (Å²) < 4.78 is 20.3. The first-order chi connectivity index (χ1) is 15.2. The molecule has 2 N–H and O–H groups in total. The summed E-state index contributed by atoms with van der Waals surface area (Å²) in [5.74, 6) is 1.62. The Hall–Kier alpha value is -2.25. The molecule has 1 aromatic heterocycles. The number of ether oxygens (including phenoxy) is 1. The van der Waals surface area contributed by atoms with E-state index in [-0.39, 0.29) is 5.82 Å². The van der Waals surface area contributed by atoms with Gasteiger partial charge >= 0.3 is 0 Å². The highest BCUT2D eigenvalue weighted by Crippen LogP contribution is 2.36. The largest absolute Gasteiger partial charge is 0.490 e. The molecule has 5 rings (SSSR count). The fourth-order valence-corrected chi connectivity index (χ4v) is 5.81. The third-order valence-corrected chi connectivity index (χ3v) is 7.65. The van der Waals surface area contributed by atoms with Crippen molar-refractivity contribution in [2.24, 2.45) is 5.92 Å². The van der Waals surface area contributed by atoms with E-state index in [9.17, 15) is 4.39 Å². The molecule has 3 aromatic rings. The maximum Gasteiger partial charge on any atom is 0.187 e. The predicted molar refractivity (Wildman–Crippen MR) is 129 cm³/mol. The summed E-state index contributed by atoms with van der Waals surface area (Å²) in [6.07, 6.45) is 6.21. The van der Waals surface area contributed by atoms with Crippen LogP contribution in [0.2, 0.25) is 0 Å². The van der Waals surface area contributed by atoms with Gasteiger partial charge < -0.3 is 15.4 Å². The van der Waals surface area contributed by atoms with Crippen molar-refractivity contribution in [3.63, 3.8) is 0 Å². The lowest BCUT2D eigenvalue weighted by Gasteiger charge is -2.21. The van der Waals surface area contributed by atoms with Crippen molar-refractivity contribution in [3.05, 3.63) is 47.6 Å². The average molecular weight is 456 g/mol. The number of fused-ring (bicyclic) bond motifs is 1. The van der Waals surface area contributed by atoms with Crippen LogP contribution in [-0.4, -0.2) is 23.9 Å². The highest BCUT2D eigenvalue weighted by molar-refractivity contribution is 7.99. The first kappa shape index (κ1) is 20.6. The molecule has 0 radical (unpaired) electrons. The normalized spacial score (nSPS) is 16.4. The molecule has 1 aliphatic heterocycles. The lowest BCUT2D eigenvalue weighted by atomic mass is 9.90. The van der Waals surface area contributed by atoms with Crippen LogP contribution < -0.4 is 15.4 Å². The molecule has 2 aliphatic rings. The van der Waals surface area contributed by atoms with E-state index >= 15 is 0 Å². The van der Waals surface area contributed by atoms with E-state index in [0.717, 1.165) is 28.7 Å². The van der Waals surface area contributed by atoms with Gasteiger partial charge in [-0.2, -0.15) is 0 Å². The minimum atomic E-state index is -0.336. The number of thioether (sulfide) groups is 1. The summed E-state index contributed by atoms with van der Waals surface area (Å²) in [5.41, 5.74) is 3.88. The van der Waals surface area contributed by atoms with E-state index in [0.29, 0.717) is 24.0 Å². The lowest BCUT2D eigenvalue weighted by molar-refractivity contribution is 0.202. The van der Waals surface area contributed by atoms with E-state index in [2.05, 4.69) is 28.8 Å². The van der Waals surface area contributed by atoms with Gasteiger partial charge in [0, 0.05) is 45.6 Å². The number of hydrogen-bond acceptors (Lipinski definition) is 6. The third kappa shape index (κ3) is 4.99. The molecule has 2 heterocycles. The maximum atomic E-state index is 14.5. The monoisotopic (exact) mass is 455 g/mol. The highest BCUT2D eigenvalue weighted by Gasteiger charge is 2.16. The van der Waals surface area contributed by atoms with Gasteiger partial charge in [-0.25, -0.2) is 9.37 Å². The Bertz CT molecular complexity index is 1050. The summed E-state index contributed by atoms with van der Waals surface area (Å²) in [5, 5.41) is 9.42. The van der Waals surface area contributed by atoms with Gasteiger partial charge in [0.2, 0.25) is 0 Å². The third-order valence-electron chi connectivity index (χ3n) is 5.84. The number of aromatic nitrogens is 1. The molecule has 1 fully saturated rings. The Morgan fingerprint density at radius 2 is 2.03 bits per heavy atom. The highest BCUT2D eigenvalue weighted by atomic mass is 32.2. The van der Waals surface area contributed by atoms with Crippen LogP contribution in [0.5, 0.6) is 5.75 Å². The number of rotatable bonds is 6. The lowest BCUT2D eigenvalue weighted by Crippen LogP contribution is -2.15. The van der Waals surface area contributed by atoms with Crippen molar-refractivity contribution in [2.75, 3.05) is 29.5 Å². The van der Waals surface area contributed by atoms with E-state index in [1.807, 2.05) is 23.2 Å². The van der Waals surface area contributed by atoms with Gasteiger partial charge in [0.1, 0.15) is 0 Å². The first-order valence-corrected chi connectivity index (χ1v) is 12.8. The van der Waals surface area contributed by atoms with Gasteiger partial charge in [-0.15, -0.1) is 23.1 Å². The van der Waals surface area contributed by atoms with Crippen molar-refractivity contribution < 1.29 is 9.13 Å². The zero-order chi connectivity index (χ0) is 21.0. The minimum Gasteiger partial charge on any atom is -0.490 e. The number of nitrogens with one attached hydrogen (secondary N) is 2. The van der Waals surface area contributed by atoms with E-state index < -0.39 is 0 Å². The Balaban J connectivity index is 1.23. The van der Waals surface area contributed by atoms with Crippen molar-refractivity contribution in [1.82, 2.24) is 4.98 Å². The standard InChI is InChI=1S/C24H26FN3OS2/c25-19-13-18(7-9-22(19)29-14-16-4-2-1-3-5-16)27-24-28-21(15-31-24)17-6-8-20-23(12-17)30-11-10-26-20/h6-9,12-13,15-16,26H,1-5,10-11,14H2,(H,27,28). The van der Waals surface area contributed by atoms with E-state index in [4.69, 9.17) is 9.72 Å². The van der Waals surface area contributed by atoms with Crippen LogP contribution in [0.3, 0.4) is 0 Å². The molecule has 4 nitrogen and oxygen atoms in total. The summed E-state index contributed by atoms with van der Waals surface area (Å²) in [6.45, 7) is 1.61. The van der Waals surface area contributed by atoms with Crippen molar-refractivity contribution >= 4 is 39.6 Å². The molecule has 162 valence electrons. The van der Waals surface area contributed by atoms with Crippen LogP contribution in [-0.2, 0) is 0 Å². The molecule has 2 aromatic carbocycles. The Kier molecular flexibility index (Phi) is 6.32. The van der Waals surface area contributed by atoms with Crippen LogP contribution in [0.15, 0.2) is 46.7 Å². The second kappa shape index (κ2) is 9.49. The molecular formula is C24H26FN3OS2. The Labute approximate surface area is 190 Å². The van der Waals surface area contributed by atoms with E-state index in [1.54, 1.807) is 6.07 Å². The van der Waals surface area contributed by atoms with Crippen molar-refractivity contribution in [1.29, 1.82) is 0 Å². The molecule has 1 saturated carbocycles. The second-order valence-corrected chi connectivity index (χ2v) is 10.1. The molecule has 0 bridgehead atoms. The molecule has 0 spiro atoms. The molecule has 0 saturated heterocycles. The molecule has 0 unspecified atom stereocenters. The number of anilines is 3. The van der Waals surface area contributed by atoms with Gasteiger partial charge in [-0.05, 0) is 43.0 Å². The minimum absolute atomic E-state index is 0.330. The number of halogens is 1. The van der Waals surface area contributed by atoms with Gasteiger partial charge in [-0.3, -0.25) is 0 Å². The summed E-state index contributed by atoms with van der Waals surface area (Å²) >= 11 is 3.38. The number of thiazole rings is 1. The quantitative estimate of drug-likeness (QED) is 0.412. The molecular weight excluding hydrogens is 429 g/mol. The molecule has 0 atom stereocenters. The molecule has 7 heteroatoms. The van der Waals surface area contributed by atoms with Crippen molar-refractivity contribution in [3.8, 4) is 17.0 Å². The van der Waals surface area contributed by atoms with Gasteiger partial charge in [0.15, 0.2) is 16.7 Å². The van der Waals surface area contributed by atoms with Crippen LogP contribution in [0, 0.1) is 11.7 Å². The summed E-state index contributed by atoms with van der Waals surface area (Å²) in [6, 6.07) is 11.4. The molecule has 31 heavy (non-hydrogen) atoms. The maximum absolute atomic E-state index is 14.5.